The fraction of sp³-hybridized carbons (Fsp3) is 0.467. The van der Waals surface area contributed by atoms with Crippen molar-refractivity contribution in [1.29, 1.82) is 0 Å². The molecule has 0 aliphatic rings. The highest BCUT2D eigenvalue weighted by Gasteiger charge is 2.20. The van der Waals surface area contributed by atoms with Gasteiger partial charge < -0.3 is 19.2 Å². The van der Waals surface area contributed by atoms with Gasteiger partial charge in [-0.2, -0.15) is 0 Å². The molecule has 1 rings (SSSR count). The molecule has 0 saturated heterocycles. The number of nitrogens with one attached hydrogen (secondary N) is 1. The zero-order valence-corrected chi connectivity index (χ0v) is 12.8. The third kappa shape index (κ3) is 4.19. The SMILES string of the molecule is C=C(COC)CC(C)c1cc(=O)c(OC)c(C(=O)OC)[nH]1. The summed E-state index contributed by atoms with van der Waals surface area (Å²) in [6.07, 6.45) is 0.636. The van der Waals surface area contributed by atoms with Crippen LogP contribution in [0.4, 0.5) is 0 Å². The molecule has 1 aromatic heterocycles. The molecular formula is C15H21NO5. The Labute approximate surface area is 123 Å². The van der Waals surface area contributed by atoms with Crippen molar-refractivity contribution >= 4 is 5.97 Å². The van der Waals surface area contributed by atoms with Crippen LogP contribution in [0.5, 0.6) is 5.75 Å². The molecule has 0 bridgehead atoms. The molecule has 6 nitrogen and oxygen atoms in total. The summed E-state index contributed by atoms with van der Waals surface area (Å²) >= 11 is 0. The number of carbonyl (C=O) groups is 1. The molecule has 0 aliphatic heterocycles. The van der Waals surface area contributed by atoms with Crippen molar-refractivity contribution in [1.82, 2.24) is 4.98 Å². The van der Waals surface area contributed by atoms with Gasteiger partial charge in [0.25, 0.3) is 0 Å². The van der Waals surface area contributed by atoms with Gasteiger partial charge in [0.2, 0.25) is 5.43 Å². The highest BCUT2D eigenvalue weighted by atomic mass is 16.5. The molecule has 0 aromatic carbocycles. The van der Waals surface area contributed by atoms with Gasteiger partial charge in [-0.1, -0.05) is 19.1 Å². The quantitative estimate of drug-likeness (QED) is 0.613. The molecule has 1 aromatic rings. The normalized spacial score (nSPS) is 11.8. The Balaban J connectivity index is 3.14. The standard InChI is InChI=1S/C15H21NO5/c1-9(8-19-3)6-10(2)11-7-12(17)14(20-4)13(16-11)15(18)21-5/h7,10H,1,6,8H2,2-5H3,(H,16,17). The number of methoxy groups -OCH3 is 3. The Morgan fingerprint density at radius 2 is 2.05 bits per heavy atom. The van der Waals surface area contributed by atoms with E-state index in [-0.39, 0.29) is 22.8 Å². The van der Waals surface area contributed by atoms with Gasteiger partial charge in [0.05, 0.1) is 20.8 Å². The molecule has 116 valence electrons. The predicted octanol–water partition coefficient (Wildman–Crippen LogP) is 1.87. The number of hydrogen-bond acceptors (Lipinski definition) is 5. The van der Waals surface area contributed by atoms with E-state index < -0.39 is 5.97 Å². The minimum atomic E-state index is -0.645. The highest BCUT2D eigenvalue weighted by Crippen LogP contribution is 2.22. The Hall–Kier alpha value is -2.08. The summed E-state index contributed by atoms with van der Waals surface area (Å²) < 4.78 is 14.6. The van der Waals surface area contributed by atoms with Gasteiger partial charge in [0, 0.05) is 24.8 Å². The van der Waals surface area contributed by atoms with E-state index in [4.69, 9.17) is 9.47 Å². The number of hydrogen-bond donors (Lipinski definition) is 1. The van der Waals surface area contributed by atoms with Crippen molar-refractivity contribution in [2.75, 3.05) is 27.9 Å². The highest BCUT2D eigenvalue weighted by molar-refractivity contribution is 5.90. The van der Waals surface area contributed by atoms with Crippen LogP contribution in [0.15, 0.2) is 23.0 Å². The van der Waals surface area contributed by atoms with E-state index in [0.29, 0.717) is 18.7 Å². The minimum Gasteiger partial charge on any atom is -0.491 e. The van der Waals surface area contributed by atoms with Crippen LogP contribution >= 0.6 is 0 Å². The predicted molar refractivity (Wildman–Crippen MR) is 79.0 cm³/mol. The van der Waals surface area contributed by atoms with Crippen molar-refractivity contribution in [2.24, 2.45) is 0 Å². The van der Waals surface area contributed by atoms with E-state index in [9.17, 15) is 9.59 Å². The van der Waals surface area contributed by atoms with Gasteiger partial charge in [0.1, 0.15) is 0 Å². The lowest BCUT2D eigenvalue weighted by Gasteiger charge is -2.15. The van der Waals surface area contributed by atoms with Gasteiger partial charge in [-0.15, -0.1) is 0 Å². The van der Waals surface area contributed by atoms with Crippen LogP contribution in [-0.4, -0.2) is 38.9 Å². The molecule has 6 heteroatoms. The second-order valence-corrected chi connectivity index (χ2v) is 4.78. The number of aromatic amines is 1. The summed E-state index contributed by atoms with van der Waals surface area (Å²) in [5.74, 6) is -0.711. The maximum absolute atomic E-state index is 12.0. The average Bonchev–Trinajstić information content (AvgIpc) is 2.45. The maximum Gasteiger partial charge on any atom is 0.358 e. The van der Waals surface area contributed by atoms with Crippen LogP contribution in [-0.2, 0) is 9.47 Å². The second kappa shape index (κ2) is 7.64. The van der Waals surface area contributed by atoms with E-state index in [0.717, 1.165) is 5.57 Å². The summed E-state index contributed by atoms with van der Waals surface area (Å²) in [6, 6.07) is 1.43. The van der Waals surface area contributed by atoms with Gasteiger partial charge in [-0.3, -0.25) is 4.79 Å². The van der Waals surface area contributed by atoms with Crippen LogP contribution in [0.25, 0.3) is 0 Å². The first-order valence-electron chi connectivity index (χ1n) is 6.49. The van der Waals surface area contributed by atoms with Gasteiger partial charge in [-0.25, -0.2) is 4.79 Å². The second-order valence-electron chi connectivity index (χ2n) is 4.78. The summed E-state index contributed by atoms with van der Waals surface area (Å²) in [6.45, 7) is 6.29. The molecule has 0 amide bonds. The number of carbonyl (C=O) groups excluding carboxylic acids is 1. The van der Waals surface area contributed by atoms with Gasteiger partial charge in [0.15, 0.2) is 11.4 Å². The van der Waals surface area contributed by atoms with Gasteiger partial charge in [-0.05, 0) is 6.42 Å². The molecule has 1 atom stereocenters. The molecule has 21 heavy (non-hydrogen) atoms. The van der Waals surface area contributed by atoms with Crippen molar-refractivity contribution in [3.8, 4) is 5.75 Å². The number of ether oxygens (including phenoxy) is 3. The molecule has 1 N–H and O–H groups in total. The lowest BCUT2D eigenvalue weighted by atomic mass is 9.98. The van der Waals surface area contributed by atoms with Crippen LogP contribution in [0.1, 0.15) is 35.4 Å². The molecule has 0 spiro atoms. The first-order valence-corrected chi connectivity index (χ1v) is 6.49. The largest absolute Gasteiger partial charge is 0.491 e. The minimum absolute atomic E-state index is 0.0188. The maximum atomic E-state index is 12.0. The number of esters is 1. The first-order chi connectivity index (χ1) is 9.94. The first kappa shape index (κ1) is 17.0. The van der Waals surface area contributed by atoms with E-state index in [1.165, 1.54) is 20.3 Å². The summed E-state index contributed by atoms with van der Waals surface area (Å²) in [4.78, 5) is 26.7. The van der Waals surface area contributed by atoms with E-state index in [2.05, 4.69) is 16.3 Å². The monoisotopic (exact) mass is 295 g/mol. The topological polar surface area (TPSA) is 77.6 Å². The number of aromatic nitrogens is 1. The summed E-state index contributed by atoms with van der Waals surface area (Å²) in [5.41, 5.74) is 1.18. The lowest BCUT2D eigenvalue weighted by Crippen LogP contribution is -2.18. The number of rotatable bonds is 7. The number of pyridine rings is 1. The molecule has 1 unspecified atom stereocenters. The molecule has 0 saturated carbocycles. The summed E-state index contributed by atoms with van der Waals surface area (Å²) in [5, 5.41) is 0. The Morgan fingerprint density at radius 3 is 2.57 bits per heavy atom. The van der Waals surface area contributed by atoms with Crippen LogP contribution in [0, 0.1) is 0 Å². The van der Waals surface area contributed by atoms with Crippen LogP contribution in [0.3, 0.4) is 0 Å². The molecule has 0 aliphatic carbocycles. The van der Waals surface area contributed by atoms with Gasteiger partial charge >= 0.3 is 5.97 Å². The fourth-order valence-electron chi connectivity index (χ4n) is 2.09. The van der Waals surface area contributed by atoms with Crippen LogP contribution in [0.2, 0.25) is 0 Å². The van der Waals surface area contributed by atoms with E-state index in [1.54, 1.807) is 7.11 Å². The third-order valence-electron chi connectivity index (χ3n) is 3.07. The average molecular weight is 295 g/mol. The summed E-state index contributed by atoms with van der Waals surface area (Å²) in [7, 11) is 4.18. The fourth-order valence-corrected chi connectivity index (χ4v) is 2.09. The number of H-pyrrole nitrogens is 1. The molecule has 0 fully saturated rings. The smallest absolute Gasteiger partial charge is 0.358 e. The Bertz CT molecular complexity index is 576. The van der Waals surface area contributed by atoms with Crippen molar-refractivity contribution < 1.29 is 19.0 Å². The third-order valence-corrected chi connectivity index (χ3v) is 3.07. The molecule has 0 radical (unpaired) electrons. The molecular weight excluding hydrogens is 274 g/mol. The molecule has 1 heterocycles. The zero-order valence-electron chi connectivity index (χ0n) is 12.8. The van der Waals surface area contributed by atoms with Crippen molar-refractivity contribution in [2.45, 2.75) is 19.3 Å². The van der Waals surface area contributed by atoms with E-state index in [1.807, 2.05) is 6.92 Å². The van der Waals surface area contributed by atoms with Crippen molar-refractivity contribution in [3.05, 3.63) is 39.8 Å². The lowest BCUT2D eigenvalue weighted by molar-refractivity contribution is 0.0589. The zero-order chi connectivity index (χ0) is 16.0. The Kier molecular flexibility index (Phi) is 6.17. The van der Waals surface area contributed by atoms with E-state index >= 15 is 0 Å². The van der Waals surface area contributed by atoms with Crippen molar-refractivity contribution in [3.63, 3.8) is 0 Å². The van der Waals surface area contributed by atoms with Crippen LogP contribution < -0.4 is 10.2 Å². The Morgan fingerprint density at radius 1 is 1.38 bits per heavy atom.